The van der Waals surface area contributed by atoms with Gasteiger partial charge in [0.05, 0.1) is 45.4 Å². The molecule has 0 amide bonds. The lowest BCUT2D eigenvalue weighted by atomic mass is 9.99. The van der Waals surface area contributed by atoms with Gasteiger partial charge in [-0.1, -0.05) is 117 Å². The molecule has 0 radical (unpaired) electrons. The van der Waals surface area contributed by atoms with E-state index in [1.165, 1.54) is 38.5 Å². The molecule has 1 atom stereocenters. The van der Waals surface area contributed by atoms with Crippen LogP contribution in [0.3, 0.4) is 0 Å². The lowest BCUT2D eigenvalue weighted by Crippen LogP contribution is -2.26. The van der Waals surface area contributed by atoms with Crippen molar-refractivity contribution in [3.63, 3.8) is 0 Å². The molecule has 288 valence electrons. The highest BCUT2D eigenvalue weighted by atomic mass is 16.7. The molecule has 0 aliphatic rings. The minimum Gasteiger partial charge on any atom is -0.465 e. The van der Waals surface area contributed by atoms with E-state index in [0.717, 1.165) is 83.5 Å². The van der Waals surface area contributed by atoms with Gasteiger partial charge in [-0.05, 0) is 76.0 Å². The van der Waals surface area contributed by atoms with Crippen molar-refractivity contribution >= 4 is 11.9 Å². The van der Waals surface area contributed by atoms with Crippen LogP contribution >= 0.6 is 0 Å². The zero-order valence-electron chi connectivity index (χ0n) is 32.6. The number of aliphatic hydroxyl groups excluding tert-OH is 1. The largest absolute Gasteiger partial charge is 0.465 e. The highest BCUT2D eigenvalue weighted by molar-refractivity contribution is 5.69. The van der Waals surface area contributed by atoms with E-state index < -0.39 is 12.2 Å². The number of rotatable bonds is 36. The van der Waals surface area contributed by atoms with E-state index in [-0.39, 0.29) is 38.2 Å². The van der Waals surface area contributed by atoms with Crippen LogP contribution in [0.25, 0.3) is 0 Å². The molecule has 0 aliphatic heterocycles. The number of carbonyl (C=O) groups is 2. The van der Waals surface area contributed by atoms with Crippen LogP contribution in [0, 0.1) is 17.8 Å². The minimum atomic E-state index is -0.441. The topological polar surface area (TPSA) is 91.3 Å². The van der Waals surface area contributed by atoms with Crippen molar-refractivity contribution in [1.29, 1.82) is 0 Å². The van der Waals surface area contributed by atoms with Gasteiger partial charge in [0.2, 0.25) is 0 Å². The Kier molecular flexibility index (Phi) is 34.9. The van der Waals surface area contributed by atoms with Crippen molar-refractivity contribution in [2.24, 2.45) is 17.8 Å². The Labute approximate surface area is 302 Å². The first-order valence-electron chi connectivity index (χ1n) is 20.4. The second-order valence-electron chi connectivity index (χ2n) is 13.9. The summed E-state index contributed by atoms with van der Waals surface area (Å²) in [5, 5.41) is 9.77. The molecule has 0 aromatic heterocycles. The van der Waals surface area contributed by atoms with E-state index in [9.17, 15) is 14.7 Å². The number of hydrogen-bond donors (Lipinski definition) is 1. The SMILES string of the molecule is CCCCCC=CCC=CCCCCCCCC(=O)OCC(CO)COC(=O)CCC(OCC(CCC)CCC)OCC(CCC)CCC. The first kappa shape index (κ1) is 47.3. The normalized spacial score (nSPS) is 12.7. The molecule has 49 heavy (non-hydrogen) atoms. The first-order valence-corrected chi connectivity index (χ1v) is 20.4. The van der Waals surface area contributed by atoms with Gasteiger partial charge in [0, 0.05) is 12.8 Å². The summed E-state index contributed by atoms with van der Waals surface area (Å²) >= 11 is 0. The third kappa shape index (κ3) is 30.8. The summed E-state index contributed by atoms with van der Waals surface area (Å²) < 4.78 is 23.3. The van der Waals surface area contributed by atoms with Crippen molar-refractivity contribution < 1.29 is 33.6 Å². The molecule has 1 N–H and O–H groups in total. The van der Waals surface area contributed by atoms with Crippen LogP contribution in [-0.2, 0) is 28.5 Å². The molecule has 0 aliphatic carbocycles. The summed E-state index contributed by atoms with van der Waals surface area (Å²) in [7, 11) is 0. The van der Waals surface area contributed by atoms with E-state index in [1.54, 1.807) is 0 Å². The van der Waals surface area contributed by atoms with Gasteiger partial charge in [0.1, 0.15) is 0 Å². The summed E-state index contributed by atoms with van der Waals surface area (Å²) in [6, 6.07) is 0. The third-order valence-electron chi connectivity index (χ3n) is 8.96. The highest BCUT2D eigenvalue weighted by Gasteiger charge is 2.20. The first-order chi connectivity index (χ1) is 23.9. The Balaban J connectivity index is 4.32. The Bertz CT molecular complexity index is 764. The van der Waals surface area contributed by atoms with E-state index in [0.29, 0.717) is 37.9 Å². The van der Waals surface area contributed by atoms with Crippen LogP contribution in [0.4, 0.5) is 0 Å². The maximum Gasteiger partial charge on any atom is 0.305 e. The zero-order chi connectivity index (χ0) is 36.2. The number of esters is 2. The average molecular weight is 695 g/mol. The monoisotopic (exact) mass is 695 g/mol. The van der Waals surface area contributed by atoms with Gasteiger partial charge in [0.25, 0.3) is 0 Å². The molecule has 7 heteroatoms. The maximum absolute atomic E-state index is 12.6. The van der Waals surface area contributed by atoms with Gasteiger partial charge in [-0.25, -0.2) is 0 Å². The van der Waals surface area contributed by atoms with E-state index in [4.69, 9.17) is 18.9 Å². The summed E-state index contributed by atoms with van der Waals surface area (Å²) in [5.41, 5.74) is 0. The summed E-state index contributed by atoms with van der Waals surface area (Å²) in [6.45, 7) is 12.2. The number of allylic oxidation sites excluding steroid dienone is 4. The number of unbranched alkanes of at least 4 members (excludes halogenated alkanes) is 8. The molecule has 7 nitrogen and oxygen atoms in total. The standard InChI is InChI=1S/C42H78O7/c1-6-11-12-13-14-15-16-17-18-19-20-21-22-23-24-29-40(44)46-35-39(32-43)36-47-41(45)30-31-42(48-33-37(25-7-2)26-8-3)49-34-38(27-9-4)28-10-5/h14-15,17-18,37-39,42-43H,6-13,16,19-36H2,1-5H3. The van der Waals surface area contributed by atoms with Gasteiger partial charge in [-0.3, -0.25) is 9.59 Å². The molecule has 0 saturated carbocycles. The summed E-state index contributed by atoms with van der Waals surface area (Å²) in [6.07, 6.45) is 31.1. The van der Waals surface area contributed by atoms with Crippen LogP contribution < -0.4 is 0 Å². The fourth-order valence-electron chi connectivity index (χ4n) is 5.99. The van der Waals surface area contributed by atoms with Crippen LogP contribution in [0.15, 0.2) is 24.3 Å². The lowest BCUT2D eigenvalue weighted by molar-refractivity contribution is -0.169. The Hall–Kier alpha value is -1.70. The number of aliphatic hydroxyl groups is 1. The van der Waals surface area contributed by atoms with Crippen LogP contribution in [-0.4, -0.2) is 56.4 Å². The Morgan fingerprint density at radius 3 is 1.47 bits per heavy atom. The van der Waals surface area contributed by atoms with E-state index in [2.05, 4.69) is 58.9 Å². The number of hydrogen-bond acceptors (Lipinski definition) is 7. The molecule has 0 spiro atoms. The molecule has 1 unspecified atom stereocenters. The molecule has 0 aromatic rings. The summed E-state index contributed by atoms with van der Waals surface area (Å²) in [5.74, 6) is -0.0594. The molecule has 0 saturated heterocycles. The van der Waals surface area contributed by atoms with Gasteiger partial charge >= 0.3 is 11.9 Å². The lowest BCUT2D eigenvalue weighted by Gasteiger charge is -2.25. The quantitative estimate of drug-likeness (QED) is 0.0302. The third-order valence-corrected chi connectivity index (χ3v) is 8.96. The molecular formula is C42H78O7. The van der Waals surface area contributed by atoms with E-state index in [1.807, 2.05) is 0 Å². The second kappa shape index (κ2) is 36.1. The van der Waals surface area contributed by atoms with Gasteiger partial charge in [-0.15, -0.1) is 0 Å². The molecule has 0 aromatic carbocycles. The molecular weight excluding hydrogens is 616 g/mol. The fourth-order valence-corrected chi connectivity index (χ4v) is 5.99. The average Bonchev–Trinajstić information content (AvgIpc) is 3.09. The predicted octanol–water partition coefficient (Wildman–Crippen LogP) is 11.1. The Morgan fingerprint density at radius 1 is 0.510 bits per heavy atom. The number of carbonyl (C=O) groups excluding carboxylic acids is 2. The predicted molar refractivity (Wildman–Crippen MR) is 203 cm³/mol. The Morgan fingerprint density at radius 2 is 0.980 bits per heavy atom. The van der Waals surface area contributed by atoms with Gasteiger partial charge < -0.3 is 24.1 Å². The second-order valence-corrected chi connectivity index (χ2v) is 13.9. The van der Waals surface area contributed by atoms with Crippen LogP contribution in [0.5, 0.6) is 0 Å². The maximum atomic E-state index is 12.6. The number of ether oxygens (including phenoxy) is 4. The van der Waals surface area contributed by atoms with Crippen molar-refractivity contribution in [1.82, 2.24) is 0 Å². The summed E-state index contributed by atoms with van der Waals surface area (Å²) in [4.78, 5) is 24.9. The van der Waals surface area contributed by atoms with Crippen molar-refractivity contribution in [3.8, 4) is 0 Å². The van der Waals surface area contributed by atoms with Gasteiger partial charge in [0.15, 0.2) is 6.29 Å². The highest BCUT2D eigenvalue weighted by Crippen LogP contribution is 2.20. The molecule has 0 fully saturated rings. The zero-order valence-corrected chi connectivity index (χ0v) is 32.6. The smallest absolute Gasteiger partial charge is 0.305 e. The van der Waals surface area contributed by atoms with Crippen LogP contribution in [0.2, 0.25) is 0 Å². The van der Waals surface area contributed by atoms with Gasteiger partial charge in [-0.2, -0.15) is 0 Å². The molecule has 0 heterocycles. The molecule has 0 bridgehead atoms. The van der Waals surface area contributed by atoms with Crippen LogP contribution in [0.1, 0.15) is 176 Å². The fraction of sp³-hybridized carbons (Fsp3) is 0.857. The van der Waals surface area contributed by atoms with Crippen molar-refractivity contribution in [2.45, 2.75) is 182 Å². The van der Waals surface area contributed by atoms with Crippen molar-refractivity contribution in [2.75, 3.05) is 33.0 Å². The van der Waals surface area contributed by atoms with Crippen molar-refractivity contribution in [3.05, 3.63) is 24.3 Å². The molecule has 0 rings (SSSR count). The van der Waals surface area contributed by atoms with E-state index >= 15 is 0 Å². The minimum absolute atomic E-state index is 0.0167.